The Labute approximate surface area is 136 Å². The maximum Gasteiger partial charge on any atom is 0.257 e. The van der Waals surface area contributed by atoms with Crippen LogP contribution in [0.1, 0.15) is 10.4 Å². The number of carbonyl (C=O) groups is 1. The van der Waals surface area contributed by atoms with E-state index in [0.717, 1.165) is 23.0 Å². The lowest BCUT2D eigenvalue weighted by atomic mass is 10.2. The highest BCUT2D eigenvalue weighted by atomic mass is 32.1. The van der Waals surface area contributed by atoms with E-state index in [1.165, 1.54) is 0 Å². The number of ether oxygens (including phenoxy) is 1. The summed E-state index contributed by atoms with van der Waals surface area (Å²) in [5.41, 5.74) is 5.94. The van der Waals surface area contributed by atoms with Crippen LogP contribution in [0.5, 0.6) is 17.4 Å². The number of benzene rings is 2. The molecule has 0 aliphatic rings. The first-order chi connectivity index (χ1) is 11.1. The highest BCUT2D eigenvalue weighted by Crippen LogP contribution is 2.32. The van der Waals surface area contributed by atoms with Gasteiger partial charge in [0.2, 0.25) is 5.88 Å². The number of primary amides is 1. The lowest BCUT2D eigenvalue weighted by molar-refractivity contribution is 0.0998. The van der Waals surface area contributed by atoms with Gasteiger partial charge in [0.05, 0.1) is 0 Å². The number of amides is 1. The maximum atomic E-state index is 11.3. The van der Waals surface area contributed by atoms with Crippen LogP contribution < -0.4 is 15.8 Å². The van der Waals surface area contributed by atoms with Crippen molar-refractivity contribution < 1.29 is 14.6 Å². The number of hydrogen-bond acceptors (Lipinski definition) is 6. The van der Waals surface area contributed by atoms with Crippen LogP contribution in [-0.2, 0) is 0 Å². The van der Waals surface area contributed by atoms with Crippen molar-refractivity contribution in [2.24, 2.45) is 5.73 Å². The van der Waals surface area contributed by atoms with Gasteiger partial charge in [0.15, 0.2) is 0 Å². The predicted molar refractivity (Wildman–Crippen MR) is 88.5 cm³/mol. The molecule has 0 saturated heterocycles. The second-order valence-electron chi connectivity index (χ2n) is 4.64. The molecule has 0 bridgehead atoms. The molecule has 4 N–H and O–H groups in total. The predicted octanol–water partition coefficient (Wildman–Crippen LogP) is 3.48. The first-order valence-electron chi connectivity index (χ1n) is 6.72. The quantitative estimate of drug-likeness (QED) is 0.666. The maximum absolute atomic E-state index is 11.3. The van der Waals surface area contributed by atoms with Crippen LogP contribution >= 0.6 is 11.5 Å². The molecule has 3 aromatic rings. The van der Waals surface area contributed by atoms with Gasteiger partial charge in [-0.2, -0.15) is 4.37 Å². The van der Waals surface area contributed by atoms with Gasteiger partial charge in [0.25, 0.3) is 5.91 Å². The molecule has 0 saturated carbocycles. The summed E-state index contributed by atoms with van der Waals surface area (Å²) in [6.07, 6.45) is 0. The number of rotatable bonds is 5. The average Bonchev–Trinajstić information content (AvgIpc) is 2.91. The molecule has 0 spiro atoms. The minimum absolute atomic E-state index is 0.0142. The molecular formula is C16H13N3O3S. The Kier molecular flexibility index (Phi) is 4.11. The monoisotopic (exact) mass is 327 g/mol. The summed E-state index contributed by atoms with van der Waals surface area (Å²) in [4.78, 5) is 11.3. The number of carbonyl (C=O) groups excluding carboxylic acids is 1. The van der Waals surface area contributed by atoms with Crippen LogP contribution in [-0.4, -0.2) is 15.4 Å². The van der Waals surface area contributed by atoms with Crippen molar-refractivity contribution in [3.63, 3.8) is 0 Å². The van der Waals surface area contributed by atoms with E-state index >= 15 is 0 Å². The van der Waals surface area contributed by atoms with E-state index in [2.05, 4.69) is 9.69 Å². The highest BCUT2D eigenvalue weighted by Gasteiger charge is 2.18. The molecule has 0 fully saturated rings. The molecule has 1 aromatic heterocycles. The molecule has 2 aromatic carbocycles. The largest absolute Gasteiger partial charge is 0.492 e. The molecular weight excluding hydrogens is 314 g/mol. The topological polar surface area (TPSA) is 97.5 Å². The fraction of sp³-hybridized carbons (Fsp3) is 0. The summed E-state index contributed by atoms with van der Waals surface area (Å²) >= 11 is 0.963. The van der Waals surface area contributed by atoms with Gasteiger partial charge in [0.1, 0.15) is 22.1 Å². The van der Waals surface area contributed by atoms with Gasteiger partial charge in [-0.25, -0.2) is 0 Å². The van der Waals surface area contributed by atoms with E-state index in [-0.39, 0.29) is 11.4 Å². The number of nitrogens with two attached hydrogens (primary N) is 1. The lowest BCUT2D eigenvalue weighted by Crippen LogP contribution is -2.11. The Balaban J connectivity index is 1.74. The van der Waals surface area contributed by atoms with Gasteiger partial charge in [-0.3, -0.25) is 4.79 Å². The van der Waals surface area contributed by atoms with Gasteiger partial charge in [0, 0.05) is 5.69 Å². The minimum Gasteiger partial charge on any atom is -0.492 e. The Morgan fingerprint density at radius 2 is 1.74 bits per heavy atom. The molecule has 0 aliphatic carbocycles. The van der Waals surface area contributed by atoms with Gasteiger partial charge < -0.3 is 20.9 Å². The Morgan fingerprint density at radius 1 is 1.09 bits per heavy atom. The molecule has 1 heterocycles. The van der Waals surface area contributed by atoms with Crippen molar-refractivity contribution in [1.82, 2.24) is 4.37 Å². The van der Waals surface area contributed by atoms with Crippen LogP contribution in [0.25, 0.3) is 0 Å². The second-order valence-corrected chi connectivity index (χ2v) is 5.41. The fourth-order valence-electron chi connectivity index (χ4n) is 1.95. The van der Waals surface area contributed by atoms with E-state index in [0.29, 0.717) is 10.8 Å². The lowest BCUT2D eigenvalue weighted by Gasteiger charge is -2.08. The number of para-hydroxylation sites is 1. The van der Waals surface area contributed by atoms with Crippen molar-refractivity contribution >= 4 is 28.1 Å². The molecule has 0 unspecified atom stereocenters. The Morgan fingerprint density at radius 3 is 2.39 bits per heavy atom. The fourth-order valence-corrected chi connectivity index (χ4v) is 2.67. The first kappa shape index (κ1) is 14.9. The molecule has 7 heteroatoms. The first-order valence-corrected chi connectivity index (χ1v) is 7.49. The molecule has 0 radical (unpaired) electrons. The van der Waals surface area contributed by atoms with E-state index in [1.54, 1.807) is 24.3 Å². The summed E-state index contributed by atoms with van der Waals surface area (Å²) in [6, 6.07) is 16.6. The van der Waals surface area contributed by atoms with Crippen molar-refractivity contribution in [3.8, 4) is 17.4 Å². The Hall–Kier alpha value is -3.06. The van der Waals surface area contributed by atoms with Crippen LogP contribution in [0.3, 0.4) is 0 Å². The normalized spacial score (nSPS) is 10.3. The molecule has 1 amide bonds. The Bertz CT molecular complexity index is 816. The summed E-state index contributed by atoms with van der Waals surface area (Å²) in [7, 11) is 0. The summed E-state index contributed by atoms with van der Waals surface area (Å²) in [5, 5.41) is 12.9. The smallest absolute Gasteiger partial charge is 0.257 e. The van der Waals surface area contributed by atoms with Gasteiger partial charge in [-0.1, -0.05) is 18.2 Å². The van der Waals surface area contributed by atoms with Crippen LogP contribution in [0.2, 0.25) is 0 Å². The van der Waals surface area contributed by atoms with Crippen molar-refractivity contribution in [3.05, 3.63) is 60.2 Å². The number of aromatic nitrogens is 1. The summed E-state index contributed by atoms with van der Waals surface area (Å²) in [6.45, 7) is 0. The molecule has 0 aliphatic heterocycles. The number of nitrogens with one attached hydrogen (secondary N) is 1. The van der Waals surface area contributed by atoms with Gasteiger partial charge >= 0.3 is 0 Å². The molecule has 3 rings (SSSR count). The number of anilines is 2. The van der Waals surface area contributed by atoms with Crippen LogP contribution in [0, 0.1) is 0 Å². The van der Waals surface area contributed by atoms with Crippen LogP contribution in [0.4, 0.5) is 10.7 Å². The van der Waals surface area contributed by atoms with E-state index in [9.17, 15) is 9.90 Å². The second kappa shape index (κ2) is 6.37. The SMILES string of the molecule is NC(=O)c1c(O)nsc1Nc1ccc(Oc2ccccc2)cc1. The average molecular weight is 327 g/mol. The molecule has 23 heavy (non-hydrogen) atoms. The highest BCUT2D eigenvalue weighted by molar-refractivity contribution is 7.11. The van der Waals surface area contributed by atoms with E-state index in [4.69, 9.17) is 10.5 Å². The van der Waals surface area contributed by atoms with Crippen molar-refractivity contribution in [2.75, 3.05) is 5.32 Å². The summed E-state index contributed by atoms with van der Waals surface area (Å²) in [5.74, 6) is 0.331. The third-order valence-electron chi connectivity index (χ3n) is 3.01. The third-order valence-corrected chi connectivity index (χ3v) is 3.76. The van der Waals surface area contributed by atoms with E-state index in [1.807, 2.05) is 30.3 Å². The minimum atomic E-state index is -0.734. The van der Waals surface area contributed by atoms with Gasteiger partial charge in [-0.05, 0) is 47.9 Å². The van der Waals surface area contributed by atoms with Crippen molar-refractivity contribution in [1.29, 1.82) is 0 Å². The van der Waals surface area contributed by atoms with Crippen molar-refractivity contribution in [2.45, 2.75) is 0 Å². The standard InChI is InChI=1S/C16H13N3O3S/c17-14(20)13-15(21)19-23-16(13)18-10-6-8-12(9-7-10)22-11-4-2-1-3-5-11/h1-9,18H,(H2,17,20)(H,19,21). The summed E-state index contributed by atoms with van der Waals surface area (Å²) < 4.78 is 9.41. The zero-order chi connectivity index (χ0) is 16.2. The van der Waals surface area contributed by atoms with E-state index < -0.39 is 5.91 Å². The molecule has 6 nitrogen and oxygen atoms in total. The van der Waals surface area contributed by atoms with Crippen LogP contribution in [0.15, 0.2) is 54.6 Å². The number of nitrogens with zero attached hydrogens (tertiary/aromatic N) is 1. The molecule has 116 valence electrons. The van der Waals surface area contributed by atoms with Gasteiger partial charge in [-0.15, -0.1) is 0 Å². The number of aromatic hydroxyl groups is 1. The zero-order valence-corrected chi connectivity index (χ0v) is 12.7. The zero-order valence-electron chi connectivity index (χ0n) is 11.9. The third kappa shape index (κ3) is 3.41. The number of hydrogen-bond donors (Lipinski definition) is 3. The molecule has 0 atom stereocenters.